The first-order chi connectivity index (χ1) is 13.7. The van der Waals surface area contributed by atoms with Crippen LogP contribution in [0.4, 0.5) is 11.5 Å². The van der Waals surface area contributed by atoms with Gasteiger partial charge in [-0.25, -0.2) is 4.98 Å². The van der Waals surface area contributed by atoms with Crippen molar-refractivity contribution < 1.29 is 14.3 Å². The van der Waals surface area contributed by atoms with Crippen molar-refractivity contribution in [3.63, 3.8) is 0 Å². The van der Waals surface area contributed by atoms with Gasteiger partial charge in [0, 0.05) is 49.4 Å². The molecule has 1 aromatic heterocycles. The molecule has 28 heavy (non-hydrogen) atoms. The van der Waals surface area contributed by atoms with E-state index in [4.69, 9.17) is 9.47 Å². The lowest BCUT2D eigenvalue weighted by atomic mass is 10.0. The van der Waals surface area contributed by atoms with Gasteiger partial charge in [-0.1, -0.05) is 18.2 Å². The molecule has 0 aliphatic carbocycles. The van der Waals surface area contributed by atoms with Crippen LogP contribution in [0.25, 0.3) is 0 Å². The van der Waals surface area contributed by atoms with E-state index in [1.807, 2.05) is 17.0 Å². The lowest BCUT2D eigenvalue weighted by Crippen LogP contribution is -2.47. The van der Waals surface area contributed by atoms with Crippen molar-refractivity contribution in [3.05, 3.63) is 53.7 Å². The number of fused-ring (bicyclic) bond motifs is 1. The number of aromatic nitrogens is 1. The van der Waals surface area contributed by atoms with Crippen LogP contribution in [-0.4, -0.2) is 53.9 Å². The Morgan fingerprint density at radius 2 is 1.89 bits per heavy atom. The highest BCUT2D eigenvalue weighted by Gasteiger charge is 2.41. The van der Waals surface area contributed by atoms with Gasteiger partial charge in [0.15, 0.2) is 5.79 Å². The maximum atomic E-state index is 13.1. The molecule has 1 unspecified atom stereocenters. The van der Waals surface area contributed by atoms with E-state index in [1.54, 1.807) is 6.20 Å². The van der Waals surface area contributed by atoms with Crippen molar-refractivity contribution in [2.45, 2.75) is 38.0 Å². The van der Waals surface area contributed by atoms with Gasteiger partial charge in [0.05, 0.1) is 13.2 Å². The third-order valence-corrected chi connectivity index (χ3v) is 6.07. The molecule has 0 radical (unpaired) electrons. The summed E-state index contributed by atoms with van der Waals surface area (Å²) in [5.74, 6) is 0.422. The molecule has 1 atom stereocenters. The van der Waals surface area contributed by atoms with Gasteiger partial charge in [-0.05, 0) is 37.1 Å². The Labute approximate surface area is 165 Å². The number of hydrogen-bond donors (Lipinski definition) is 0. The lowest BCUT2D eigenvalue weighted by Gasteiger charge is -2.37. The van der Waals surface area contributed by atoms with Gasteiger partial charge >= 0.3 is 0 Å². The molecule has 0 saturated carbocycles. The second-order valence-electron chi connectivity index (χ2n) is 7.85. The van der Waals surface area contributed by atoms with Gasteiger partial charge in [-0.2, -0.15) is 0 Å². The molecular formula is C22H25N3O3. The standard InChI is InChI=1S/C22H25N3O3/c1-16-14-17-4-2-3-5-19(17)25(16)20-15-18(6-9-23-20)21(26)24-10-7-22(8-11-24)27-12-13-28-22/h2-6,9,15-16H,7-8,10-14H2,1H3. The van der Waals surface area contributed by atoms with Crippen LogP contribution in [0.15, 0.2) is 42.6 Å². The summed E-state index contributed by atoms with van der Waals surface area (Å²) in [6.07, 6.45) is 4.19. The topological polar surface area (TPSA) is 54.9 Å². The van der Waals surface area contributed by atoms with Gasteiger partial charge in [0.1, 0.15) is 5.82 Å². The summed E-state index contributed by atoms with van der Waals surface area (Å²) < 4.78 is 11.5. The summed E-state index contributed by atoms with van der Waals surface area (Å²) in [7, 11) is 0. The van der Waals surface area contributed by atoms with Crippen LogP contribution in [-0.2, 0) is 15.9 Å². The summed E-state index contributed by atoms with van der Waals surface area (Å²) in [6.45, 7) is 4.80. The van der Waals surface area contributed by atoms with E-state index in [2.05, 4.69) is 41.1 Å². The molecule has 0 N–H and O–H groups in total. The molecule has 4 heterocycles. The molecule has 2 fully saturated rings. The third-order valence-electron chi connectivity index (χ3n) is 6.07. The fourth-order valence-electron chi connectivity index (χ4n) is 4.62. The van der Waals surface area contributed by atoms with Crippen LogP contribution < -0.4 is 4.90 Å². The van der Waals surface area contributed by atoms with E-state index in [0.717, 1.165) is 25.1 Å². The van der Waals surface area contributed by atoms with Crippen LogP contribution in [0.1, 0.15) is 35.7 Å². The Kier molecular flexibility index (Phi) is 4.33. The van der Waals surface area contributed by atoms with Crippen molar-refractivity contribution in [1.29, 1.82) is 0 Å². The van der Waals surface area contributed by atoms with Gasteiger partial charge in [-0.15, -0.1) is 0 Å². The fraction of sp³-hybridized carbons (Fsp3) is 0.455. The highest BCUT2D eigenvalue weighted by atomic mass is 16.7. The molecular weight excluding hydrogens is 354 g/mol. The number of carbonyl (C=O) groups is 1. The van der Waals surface area contributed by atoms with Gasteiger partial charge in [0.25, 0.3) is 5.91 Å². The predicted molar refractivity (Wildman–Crippen MR) is 106 cm³/mol. The van der Waals surface area contributed by atoms with E-state index in [9.17, 15) is 4.79 Å². The zero-order valence-electron chi connectivity index (χ0n) is 16.1. The van der Waals surface area contributed by atoms with Crippen LogP contribution in [0, 0.1) is 0 Å². The lowest BCUT2D eigenvalue weighted by molar-refractivity contribution is -0.181. The Bertz CT molecular complexity index is 884. The number of anilines is 2. The fourth-order valence-corrected chi connectivity index (χ4v) is 4.62. The first-order valence-corrected chi connectivity index (χ1v) is 10.1. The van der Waals surface area contributed by atoms with Crippen LogP contribution in [0.2, 0.25) is 0 Å². The second-order valence-corrected chi connectivity index (χ2v) is 7.85. The molecule has 1 aromatic carbocycles. The predicted octanol–water partition coefficient (Wildman–Crippen LogP) is 3.14. The molecule has 1 amide bonds. The van der Waals surface area contributed by atoms with Crippen LogP contribution in [0.3, 0.4) is 0 Å². The average Bonchev–Trinajstić information content (AvgIpc) is 3.31. The van der Waals surface area contributed by atoms with Crippen molar-refractivity contribution in [1.82, 2.24) is 9.88 Å². The molecule has 6 heteroatoms. The summed E-state index contributed by atoms with van der Waals surface area (Å²) in [6, 6.07) is 12.5. The van der Waals surface area contributed by atoms with Crippen molar-refractivity contribution in [2.75, 3.05) is 31.2 Å². The number of benzene rings is 1. The number of nitrogens with zero attached hydrogens (tertiary/aromatic N) is 3. The third kappa shape index (κ3) is 2.97. The Morgan fingerprint density at radius 1 is 1.14 bits per heavy atom. The molecule has 3 aliphatic rings. The van der Waals surface area contributed by atoms with E-state index in [1.165, 1.54) is 11.3 Å². The maximum absolute atomic E-state index is 13.1. The quantitative estimate of drug-likeness (QED) is 0.802. The van der Waals surface area contributed by atoms with E-state index >= 15 is 0 Å². The molecule has 5 rings (SSSR count). The normalized spacial score (nSPS) is 23.2. The monoisotopic (exact) mass is 379 g/mol. The number of likely N-dealkylation sites (tertiary alicyclic amines) is 1. The first kappa shape index (κ1) is 17.6. The Morgan fingerprint density at radius 3 is 2.68 bits per heavy atom. The summed E-state index contributed by atoms with van der Waals surface area (Å²) >= 11 is 0. The summed E-state index contributed by atoms with van der Waals surface area (Å²) in [5.41, 5.74) is 3.19. The van der Waals surface area contributed by atoms with Gasteiger partial charge < -0.3 is 19.3 Å². The van der Waals surface area contributed by atoms with E-state index < -0.39 is 5.79 Å². The zero-order chi connectivity index (χ0) is 19.1. The van der Waals surface area contributed by atoms with Crippen molar-refractivity contribution in [3.8, 4) is 0 Å². The molecule has 1 spiro atoms. The zero-order valence-corrected chi connectivity index (χ0v) is 16.1. The Hall–Kier alpha value is -2.44. The number of carbonyl (C=O) groups excluding carboxylic acids is 1. The largest absolute Gasteiger partial charge is 0.347 e. The molecule has 146 valence electrons. The van der Waals surface area contributed by atoms with Crippen LogP contribution >= 0.6 is 0 Å². The average molecular weight is 379 g/mol. The number of rotatable bonds is 2. The summed E-state index contributed by atoms with van der Waals surface area (Å²) in [4.78, 5) is 21.8. The minimum absolute atomic E-state index is 0.0524. The van der Waals surface area contributed by atoms with E-state index in [-0.39, 0.29) is 5.91 Å². The number of pyridine rings is 1. The number of ether oxygens (including phenoxy) is 2. The van der Waals surface area contributed by atoms with Gasteiger partial charge in [0.2, 0.25) is 0 Å². The van der Waals surface area contributed by atoms with Crippen molar-refractivity contribution >= 4 is 17.4 Å². The number of para-hydroxylation sites is 1. The maximum Gasteiger partial charge on any atom is 0.254 e. The second kappa shape index (κ2) is 6.87. The minimum Gasteiger partial charge on any atom is -0.347 e. The summed E-state index contributed by atoms with van der Waals surface area (Å²) in [5, 5.41) is 0. The molecule has 2 aromatic rings. The smallest absolute Gasteiger partial charge is 0.254 e. The van der Waals surface area contributed by atoms with E-state index in [0.29, 0.717) is 37.9 Å². The molecule has 0 bridgehead atoms. The molecule has 3 aliphatic heterocycles. The first-order valence-electron chi connectivity index (χ1n) is 10.1. The van der Waals surface area contributed by atoms with Gasteiger partial charge in [-0.3, -0.25) is 4.79 Å². The number of hydrogen-bond acceptors (Lipinski definition) is 5. The Balaban J connectivity index is 1.36. The van der Waals surface area contributed by atoms with Crippen molar-refractivity contribution in [2.24, 2.45) is 0 Å². The SMILES string of the molecule is CC1Cc2ccccc2N1c1cc(C(=O)N2CCC3(CC2)OCCO3)ccn1. The molecule has 2 saturated heterocycles. The minimum atomic E-state index is -0.463. The number of amides is 1. The highest BCUT2D eigenvalue weighted by Crippen LogP contribution is 2.37. The highest BCUT2D eigenvalue weighted by molar-refractivity contribution is 5.95. The molecule has 6 nitrogen and oxygen atoms in total. The number of piperidine rings is 1. The van der Waals surface area contributed by atoms with Crippen LogP contribution in [0.5, 0.6) is 0 Å².